The molecule has 0 aromatic carbocycles. The van der Waals surface area contributed by atoms with Crippen LogP contribution in [0.1, 0.15) is 18.3 Å². The number of aryl methyl sites for hydroxylation is 1. The van der Waals surface area contributed by atoms with Crippen LogP contribution in [0, 0.1) is 6.92 Å². The van der Waals surface area contributed by atoms with Crippen molar-refractivity contribution in [2.24, 2.45) is 0 Å². The molecule has 0 amide bonds. The number of hydrogen-bond acceptors (Lipinski definition) is 5. The van der Waals surface area contributed by atoms with E-state index in [0.717, 1.165) is 17.8 Å². The summed E-state index contributed by atoms with van der Waals surface area (Å²) in [4.78, 5) is 10.5. The van der Waals surface area contributed by atoms with Gasteiger partial charge >= 0.3 is 0 Å². The fourth-order valence-electron chi connectivity index (χ4n) is 1.70. The highest BCUT2D eigenvalue weighted by molar-refractivity contribution is 6.30. The molecule has 1 atom stereocenters. The lowest BCUT2D eigenvalue weighted by Gasteiger charge is -2.23. The highest BCUT2D eigenvalue weighted by atomic mass is 35.5. The molecule has 0 spiro atoms. The summed E-state index contributed by atoms with van der Waals surface area (Å²) in [6, 6.07) is 0. The van der Waals surface area contributed by atoms with Crippen molar-refractivity contribution in [3.05, 3.63) is 16.5 Å². The number of aliphatic hydroxyl groups excluding tert-OH is 1. The van der Waals surface area contributed by atoms with Crippen LogP contribution in [0.2, 0.25) is 5.15 Å². The number of nitrogens with zero attached hydrogens (tertiary/aromatic N) is 3. The van der Waals surface area contributed by atoms with Gasteiger partial charge in [-0.2, -0.15) is 0 Å². The van der Waals surface area contributed by atoms with E-state index >= 15 is 0 Å². The molecule has 0 saturated carbocycles. The molecule has 0 radical (unpaired) electrons. The summed E-state index contributed by atoms with van der Waals surface area (Å²) in [7, 11) is 3.43. The molecular weight excluding hydrogens is 254 g/mol. The molecule has 1 aromatic rings. The minimum Gasteiger partial charge on any atom is -0.389 e. The first-order chi connectivity index (χ1) is 8.49. The molecule has 18 heavy (non-hydrogen) atoms. The summed E-state index contributed by atoms with van der Waals surface area (Å²) in [6.07, 6.45) is 0.166. The van der Waals surface area contributed by atoms with Crippen LogP contribution in [0.15, 0.2) is 0 Å². The third kappa shape index (κ3) is 3.80. The third-order valence-electron chi connectivity index (χ3n) is 2.63. The fourth-order valence-corrected chi connectivity index (χ4v) is 1.88. The van der Waals surface area contributed by atoms with E-state index in [1.54, 1.807) is 7.11 Å². The molecule has 1 heterocycles. The first-order valence-electron chi connectivity index (χ1n) is 5.90. The Balaban J connectivity index is 2.90. The summed E-state index contributed by atoms with van der Waals surface area (Å²) < 4.78 is 4.90. The van der Waals surface area contributed by atoms with Crippen LogP contribution in [0.5, 0.6) is 0 Å². The van der Waals surface area contributed by atoms with Crippen molar-refractivity contribution in [1.82, 2.24) is 9.97 Å². The Morgan fingerprint density at radius 2 is 2.11 bits per heavy atom. The van der Waals surface area contributed by atoms with E-state index in [4.69, 9.17) is 16.3 Å². The van der Waals surface area contributed by atoms with Crippen LogP contribution in [0.4, 0.5) is 5.82 Å². The number of likely N-dealkylation sites (N-methyl/N-ethyl adjacent to an activating group) is 1. The van der Waals surface area contributed by atoms with Crippen LogP contribution in [0.3, 0.4) is 0 Å². The molecule has 0 fully saturated rings. The van der Waals surface area contributed by atoms with E-state index in [1.807, 2.05) is 25.8 Å². The average Bonchev–Trinajstić information content (AvgIpc) is 2.32. The number of methoxy groups -OCH3 is 1. The summed E-state index contributed by atoms with van der Waals surface area (Å²) in [5.74, 6) is 1.45. The maximum Gasteiger partial charge on any atom is 0.137 e. The van der Waals surface area contributed by atoms with E-state index in [2.05, 4.69) is 9.97 Å². The van der Waals surface area contributed by atoms with Gasteiger partial charge in [0, 0.05) is 32.7 Å². The van der Waals surface area contributed by atoms with Crippen molar-refractivity contribution in [2.75, 3.05) is 32.2 Å². The molecule has 1 N–H and O–H groups in total. The van der Waals surface area contributed by atoms with Gasteiger partial charge in [0.15, 0.2) is 0 Å². The van der Waals surface area contributed by atoms with Gasteiger partial charge in [0.05, 0.1) is 12.7 Å². The van der Waals surface area contributed by atoms with Crippen molar-refractivity contribution in [3.63, 3.8) is 0 Å². The number of ether oxygens (including phenoxy) is 1. The lowest BCUT2D eigenvalue weighted by atomic mass is 10.3. The summed E-state index contributed by atoms with van der Waals surface area (Å²) in [5.41, 5.74) is 0.820. The maximum absolute atomic E-state index is 9.72. The van der Waals surface area contributed by atoms with Crippen LogP contribution in [-0.2, 0) is 11.2 Å². The molecule has 0 aliphatic rings. The number of anilines is 1. The third-order valence-corrected chi connectivity index (χ3v) is 3.00. The van der Waals surface area contributed by atoms with Gasteiger partial charge in [-0.15, -0.1) is 0 Å². The quantitative estimate of drug-likeness (QED) is 0.795. The standard InChI is InChI=1S/C12H20ClN3O2/c1-5-10-14-11(13)8(2)12(15-10)16(3)6-9(17)7-18-4/h9,17H,5-7H2,1-4H3. The predicted octanol–water partition coefficient (Wildman–Crippen LogP) is 1.44. The van der Waals surface area contributed by atoms with E-state index in [-0.39, 0.29) is 0 Å². The summed E-state index contributed by atoms with van der Waals surface area (Å²) in [5, 5.41) is 10.2. The first kappa shape index (κ1) is 15.1. The van der Waals surface area contributed by atoms with Gasteiger partial charge in [-0.05, 0) is 6.92 Å². The molecule has 1 aromatic heterocycles. The van der Waals surface area contributed by atoms with Gasteiger partial charge in [-0.1, -0.05) is 18.5 Å². The first-order valence-corrected chi connectivity index (χ1v) is 6.28. The fraction of sp³-hybridized carbons (Fsp3) is 0.667. The number of hydrogen-bond donors (Lipinski definition) is 1. The van der Waals surface area contributed by atoms with Crippen LogP contribution < -0.4 is 4.90 Å². The number of aliphatic hydroxyl groups is 1. The second-order valence-electron chi connectivity index (χ2n) is 4.22. The van der Waals surface area contributed by atoms with Gasteiger partial charge < -0.3 is 14.7 Å². The number of aromatic nitrogens is 2. The number of rotatable bonds is 6. The monoisotopic (exact) mass is 273 g/mol. The largest absolute Gasteiger partial charge is 0.389 e. The lowest BCUT2D eigenvalue weighted by molar-refractivity contribution is 0.0694. The molecule has 0 aliphatic carbocycles. The molecule has 5 nitrogen and oxygen atoms in total. The van der Waals surface area contributed by atoms with Gasteiger partial charge in [-0.3, -0.25) is 0 Å². The van der Waals surface area contributed by atoms with Gasteiger partial charge in [0.1, 0.15) is 16.8 Å². The predicted molar refractivity (Wildman–Crippen MR) is 72.3 cm³/mol. The minimum atomic E-state index is -0.557. The molecule has 0 saturated heterocycles. The van der Waals surface area contributed by atoms with Crippen LogP contribution in [-0.4, -0.2) is 48.5 Å². The Labute approximate surface area is 113 Å². The summed E-state index contributed by atoms with van der Waals surface area (Å²) in [6.45, 7) is 4.58. The Morgan fingerprint density at radius 1 is 1.44 bits per heavy atom. The topological polar surface area (TPSA) is 58.5 Å². The Kier molecular flexibility index (Phi) is 5.78. The van der Waals surface area contributed by atoms with Crippen molar-refractivity contribution < 1.29 is 9.84 Å². The summed E-state index contributed by atoms with van der Waals surface area (Å²) >= 11 is 6.07. The van der Waals surface area contributed by atoms with Gasteiger partial charge in [-0.25, -0.2) is 9.97 Å². The smallest absolute Gasteiger partial charge is 0.137 e. The van der Waals surface area contributed by atoms with Crippen LogP contribution in [0.25, 0.3) is 0 Å². The highest BCUT2D eigenvalue weighted by Crippen LogP contribution is 2.22. The lowest BCUT2D eigenvalue weighted by Crippen LogP contribution is -2.33. The zero-order valence-corrected chi connectivity index (χ0v) is 12.0. The molecule has 1 rings (SSSR count). The Hall–Kier alpha value is -0.910. The average molecular weight is 274 g/mol. The van der Waals surface area contributed by atoms with E-state index in [0.29, 0.717) is 24.1 Å². The zero-order chi connectivity index (χ0) is 13.7. The zero-order valence-electron chi connectivity index (χ0n) is 11.3. The molecule has 0 aliphatic heterocycles. The highest BCUT2D eigenvalue weighted by Gasteiger charge is 2.15. The minimum absolute atomic E-state index is 0.294. The van der Waals surface area contributed by atoms with Crippen molar-refractivity contribution in [2.45, 2.75) is 26.4 Å². The molecule has 0 bridgehead atoms. The molecular formula is C12H20ClN3O2. The van der Waals surface area contributed by atoms with Crippen molar-refractivity contribution >= 4 is 17.4 Å². The Bertz CT molecular complexity index is 401. The molecule has 102 valence electrons. The maximum atomic E-state index is 9.72. The second-order valence-corrected chi connectivity index (χ2v) is 4.58. The van der Waals surface area contributed by atoms with E-state index in [1.165, 1.54) is 0 Å². The van der Waals surface area contributed by atoms with Gasteiger partial charge in [0.25, 0.3) is 0 Å². The van der Waals surface area contributed by atoms with Crippen molar-refractivity contribution in [1.29, 1.82) is 0 Å². The van der Waals surface area contributed by atoms with E-state index in [9.17, 15) is 5.11 Å². The number of halogens is 1. The van der Waals surface area contributed by atoms with E-state index < -0.39 is 6.10 Å². The van der Waals surface area contributed by atoms with Crippen molar-refractivity contribution in [3.8, 4) is 0 Å². The second kappa shape index (κ2) is 6.87. The SMILES string of the molecule is CCc1nc(Cl)c(C)c(N(C)CC(O)COC)n1. The van der Waals surface area contributed by atoms with Crippen LogP contribution >= 0.6 is 11.6 Å². The normalized spacial score (nSPS) is 12.6. The van der Waals surface area contributed by atoms with Gasteiger partial charge in [0.2, 0.25) is 0 Å². The molecule has 1 unspecified atom stereocenters. The Morgan fingerprint density at radius 3 is 2.67 bits per heavy atom. The molecule has 6 heteroatoms.